The number of nitro groups is 1. The van der Waals surface area contributed by atoms with E-state index in [4.69, 9.17) is 38.2 Å². The van der Waals surface area contributed by atoms with Crippen molar-refractivity contribution in [3.8, 4) is 6.07 Å². The summed E-state index contributed by atoms with van der Waals surface area (Å²) >= 11 is 16.5. The van der Waals surface area contributed by atoms with Crippen molar-refractivity contribution in [1.29, 1.82) is 5.26 Å². The molecular weight excluding hydrogens is 637 g/mol. The molecule has 0 bridgehead atoms. The van der Waals surface area contributed by atoms with Crippen LogP contribution in [0.4, 0.5) is 22.0 Å². The number of hydrogen-bond acceptors (Lipinski definition) is 9. The van der Waals surface area contributed by atoms with Crippen molar-refractivity contribution in [3.63, 3.8) is 0 Å². The zero-order chi connectivity index (χ0) is 30.9. The second kappa shape index (κ2) is 12.7. The third-order valence-electron chi connectivity index (χ3n) is 7.19. The fourth-order valence-electron chi connectivity index (χ4n) is 4.77. The number of likely N-dealkylation sites (tertiary alicyclic amines) is 1. The summed E-state index contributed by atoms with van der Waals surface area (Å²) in [6, 6.07) is 3.28. The van der Waals surface area contributed by atoms with E-state index in [0.717, 1.165) is 0 Å². The number of benzene rings is 1. The van der Waals surface area contributed by atoms with Gasteiger partial charge < -0.3 is 24.8 Å². The van der Waals surface area contributed by atoms with Crippen LogP contribution in [0.5, 0.6) is 0 Å². The van der Waals surface area contributed by atoms with Crippen molar-refractivity contribution in [1.82, 2.24) is 14.8 Å². The lowest BCUT2D eigenvalue weighted by atomic mass is 9.90. The molecule has 2 saturated heterocycles. The van der Waals surface area contributed by atoms with Gasteiger partial charge in [-0.1, -0.05) is 23.2 Å². The summed E-state index contributed by atoms with van der Waals surface area (Å²) in [5.74, 6) is 0.270. The summed E-state index contributed by atoms with van der Waals surface area (Å²) < 4.78 is 5.98. The van der Waals surface area contributed by atoms with E-state index in [0.29, 0.717) is 70.1 Å². The Bertz CT molecular complexity index is 1360. The Morgan fingerprint density at radius 1 is 1.32 bits per heavy atom. The molecular formula is C27H36BrCl2N7O4. The number of likely N-dealkylation sites (N-methyl/N-ethyl adjacent to an activating group) is 1. The minimum atomic E-state index is -0.578. The number of nitrogens with one attached hydrogen (secondary N) is 1. The van der Waals surface area contributed by atoms with Gasteiger partial charge in [0.25, 0.3) is 0 Å². The largest absolute Gasteiger partial charge is 0.444 e. The van der Waals surface area contributed by atoms with Crippen LogP contribution < -0.4 is 10.2 Å². The number of aromatic nitrogens is 1. The maximum Gasteiger partial charge on any atom is 0.410 e. The lowest BCUT2D eigenvalue weighted by molar-refractivity contribution is -0.383. The first-order valence-corrected chi connectivity index (χ1v) is 14.7. The highest BCUT2D eigenvalue weighted by atomic mass is 79.9. The summed E-state index contributed by atoms with van der Waals surface area (Å²) in [5, 5.41) is 24.4. The Balaban J connectivity index is 0.00000147. The van der Waals surface area contributed by atoms with Crippen LogP contribution in [0.2, 0.25) is 10.0 Å². The molecule has 224 valence electrons. The third kappa shape index (κ3) is 7.25. The highest BCUT2D eigenvalue weighted by molar-refractivity contribution is 9.10. The number of piperidine rings is 1. The van der Waals surface area contributed by atoms with Crippen LogP contribution in [0.15, 0.2) is 10.5 Å². The molecule has 2 aliphatic rings. The van der Waals surface area contributed by atoms with Gasteiger partial charge in [0.1, 0.15) is 11.3 Å². The number of pyridine rings is 1. The molecule has 0 atom stereocenters. The number of rotatable bonds is 5. The van der Waals surface area contributed by atoms with Gasteiger partial charge in [-0.3, -0.25) is 10.1 Å². The molecule has 1 aromatic heterocycles. The Morgan fingerprint density at radius 2 is 1.88 bits per heavy atom. The zero-order valence-electron chi connectivity index (χ0n) is 24.3. The van der Waals surface area contributed by atoms with Gasteiger partial charge in [-0.05, 0) is 76.6 Å². The quantitative estimate of drug-likeness (QED) is 0.210. The monoisotopic (exact) mass is 671 g/mol. The first-order chi connectivity index (χ1) is 19.0. The van der Waals surface area contributed by atoms with Crippen LogP contribution in [-0.2, 0) is 4.74 Å². The van der Waals surface area contributed by atoms with Crippen LogP contribution in [0.1, 0.15) is 47.5 Å². The highest BCUT2D eigenvalue weighted by Gasteiger charge is 2.45. The maximum absolute atomic E-state index is 12.5. The molecule has 3 heterocycles. The summed E-state index contributed by atoms with van der Waals surface area (Å²) in [6.45, 7) is 11.1. The summed E-state index contributed by atoms with van der Waals surface area (Å²) in [4.78, 5) is 35.0. The molecule has 0 spiro atoms. The Morgan fingerprint density at radius 3 is 2.37 bits per heavy atom. The van der Waals surface area contributed by atoms with Crippen molar-refractivity contribution >= 4 is 73.3 Å². The van der Waals surface area contributed by atoms with E-state index in [9.17, 15) is 14.9 Å². The molecule has 2 aliphatic heterocycles. The number of carbonyl (C=O) groups excluding carboxylic acids is 1. The number of carbonyl (C=O) groups is 1. The summed E-state index contributed by atoms with van der Waals surface area (Å²) in [6.07, 6.45) is 0.829. The molecule has 14 heteroatoms. The first-order valence-electron chi connectivity index (χ1n) is 13.2. The van der Waals surface area contributed by atoms with Crippen LogP contribution in [-0.4, -0.2) is 83.3 Å². The van der Waals surface area contributed by atoms with Crippen molar-refractivity contribution in [2.24, 2.45) is 0 Å². The van der Waals surface area contributed by atoms with Gasteiger partial charge in [0, 0.05) is 44.5 Å². The number of fused-ring (bicyclic) bond motifs is 1. The molecule has 2 aromatic rings. The van der Waals surface area contributed by atoms with Crippen LogP contribution in [0.25, 0.3) is 10.9 Å². The third-order valence-corrected chi connectivity index (χ3v) is 9.14. The number of nitrogens with zero attached hydrogens (tertiary/aromatic N) is 6. The Kier molecular flexibility index (Phi) is 10.2. The van der Waals surface area contributed by atoms with Gasteiger partial charge in [-0.25, -0.2) is 9.78 Å². The number of amides is 1. The van der Waals surface area contributed by atoms with Gasteiger partial charge in [-0.15, -0.1) is 0 Å². The smallest absolute Gasteiger partial charge is 0.410 e. The minimum Gasteiger partial charge on any atom is -0.444 e. The van der Waals surface area contributed by atoms with Crippen molar-refractivity contribution in [2.45, 2.75) is 64.6 Å². The van der Waals surface area contributed by atoms with Crippen LogP contribution >= 0.6 is 39.1 Å². The van der Waals surface area contributed by atoms with Crippen LogP contribution in [0, 0.1) is 21.4 Å². The molecule has 41 heavy (non-hydrogen) atoms. The normalized spacial score (nSPS) is 16.9. The standard InChI is InChI=1S/C25H33BrCl2N6O4.C2H3N/c1-24(2,3)38-23(35)32-9-7-14(8-10-32)29-20-15-11-16(27)17(26)18(28)19(15)30-22(21(20)34(36)37)33-12-25(4,13-33)31(5)6;1-2-3/h11,14H,7-10,12-13H2,1-6H3,(H,29,30);1H3. The highest BCUT2D eigenvalue weighted by Crippen LogP contribution is 2.47. The Labute approximate surface area is 259 Å². The number of ether oxygens (including phenoxy) is 1. The van der Waals surface area contributed by atoms with E-state index < -0.39 is 10.5 Å². The lowest BCUT2D eigenvalue weighted by Gasteiger charge is -2.52. The van der Waals surface area contributed by atoms with Crippen LogP contribution in [0.3, 0.4) is 0 Å². The zero-order valence-corrected chi connectivity index (χ0v) is 27.4. The molecule has 2 fully saturated rings. The fraction of sp³-hybridized carbons (Fsp3) is 0.593. The molecule has 1 aromatic carbocycles. The predicted molar refractivity (Wildman–Crippen MR) is 166 cm³/mol. The SMILES string of the molecule is CC#N.CN(C)C1(C)CN(c2nc3c(Cl)c(Br)c(Cl)cc3c(NC3CCN(C(=O)OC(C)(C)C)CC3)c2[N+](=O)[O-])C1. The number of hydrogen-bond donors (Lipinski definition) is 1. The van der Waals surface area contributed by atoms with E-state index in [1.807, 2.05) is 39.8 Å². The van der Waals surface area contributed by atoms with Gasteiger partial charge in [-0.2, -0.15) is 5.26 Å². The molecule has 0 saturated carbocycles. The minimum absolute atomic E-state index is 0.109. The average molecular weight is 673 g/mol. The topological polar surface area (TPSA) is 128 Å². The molecule has 0 unspecified atom stereocenters. The molecule has 4 rings (SSSR count). The average Bonchev–Trinajstić information content (AvgIpc) is 2.85. The molecule has 1 N–H and O–H groups in total. The van der Waals surface area contributed by atoms with E-state index in [1.54, 1.807) is 17.0 Å². The molecule has 0 radical (unpaired) electrons. The molecule has 1 amide bonds. The second-order valence-electron chi connectivity index (χ2n) is 11.7. The lowest BCUT2D eigenvalue weighted by Crippen LogP contribution is -2.67. The van der Waals surface area contributed by atoms with Gasteiger partial charge in [0.15, 0.2) is 0 Å². The second-order valence-corrected chi connectivity index (χ2v) is 13.2. The first kappa shape index (κ1) is 32.9. The maximum atomic E-state index is 12.5. The van der Waals surface area contributed by atoms with E-state index in [1.165, 1.54) is 6.92 Å². The van der Waals surface area contributed by atoms with Crippen molar-refractivity contribution in [3.05, 3.63) is 30.7 Å². The summed E-state index contributed by atoms with van der Waals surface area (Å²) in [7, 11) is 3.98. The number of halogens is 3. The van der Waals surface area contributed by atoms with E-state index >= 15 is 0 Å². The predicted octanol–water partition coefficient (Wildman–Crippen LogP) is 6.69. The Hall–Kier alpha value is -2.59. The van der Waals surface area contributed by atoms with E-state index in [-0.39, 0.29) is 29.2 Å². The van der Waals surface area contributed by atoms with Crippen molar-refractivity contribution < 1.29 is 14.5 Å². The molecule has 11 nitrogen and oxygen atoms in total. The van der Waals surface area contributed by atoms with Gasteiger partial charge in [0.2, 0.25) is 5.82 Å². The number of anilines is 2. The number of nitriles is 1. The van der Waals surface area contributed by atoms with E-state index in [2.05, 4.69) is 33.1 Å². The van der Waals surface area contributed by atoms with Gasteiger partial charge in [0.05, 0.1) is 36.6 Å². The fourth-order valence-corrected chi connectivity index (χ4v) is 5.57. The van der Waals surface area contributed by atoms with Gasteiger partial charge >= 0.3 is 11.8 Å². The molecule has 0 aliphatic carbocycles. The summed E-state index contributed by atoms with van der Waals surface area (Å²) in [5.41, 5.74) is -0.0545. The van der Waals surface area contributed by atoms with Crippen molar-refractivity contribution in [2.75, 3.05) is 50.5 Å².